The Hall–Kier alpha value is 0.320. The number of unbranched alkanes of at least 4 members (excludes halogenated alkanes) is 1. The molecular formula is C10H20NO4PS2. The summed E-state index contributed by atoms with van der Waals surface area (Å²) in [6, 6.07) is 0. The summed E-state index contributed by atoms with van der Waals surface area (Å²) in [7, 11) is -0.117. The van der Waals surface area contributed by atoms with Crippen LogP contribution in [0.4, 0.5) is 0 Å². The van der Waals surface area contributed by atoms with Gasteiger partial charge in [-0.1, -0.05) is 28.0 Å². The predicted molar refractivity (Wildman–Crippen MR) is 76.8 cm³/mol. The van der Waals surface area contributed by atoms with Crippen molar-refractivity contribution in [3.05, 3.63) is 0 Å². The fourth-order valence-electron chi connectivity index (χ4n) is 1.65. The third kappa shape index (κ3) is 8.43. The topological polar surface area (TPSA) is 86.6 Å². The van der Waals surface area contributed by atoms with Gasteiger partial charge in [0.1, 0.15) is 0 Å². The lowest BCUT2D eigenvalue weighted by Crippen LogP contribution is -2.26. The zero-order chi connectivity index (χ0) is 13.4. The highest BCUT2D eigenvalue weighted by Gasteiger charge is 2.16. The highest BCUT2D eigenvalue weighted by Crippen LogP contribution is 2.39. The van der Waals surface area contributed by atoms with Crippen molar-refractivity contribution < 1.29 is 19.1 Å². The van der Waals surface area contributed by atoms with E-state index >= 15 is 0 Å². The standard InChI is InChI=1S/C10H20NO4PS2/c12-10(11-6-7-16(13,14)15)4-2-1-3-9-5-8-17-18-9/h9H,1-8H2,(H,11,12)(H2,13,14,15)/t9-/m0/s1. The lowest BCUT2D eigenvalue weighted by Gasteiger charge is -2.08. The molecule has 1 saturated heterocycles. The quantitative estimate of drug-likeness (QED) is 0.361. The second-order valence-electron chi connectivity index (χ2n) is 4.31. The molecule has 18 heavy (non-hydrogen) atoms. The van der Waals surface area contributed by atoms with Crippen LogP contribution in [0.5, 0.6) is 0 Å². The Morgan fingerprint density at radius 3 is 2.78 bits per heavy atom. The first-order chi connectivity index (χ1) is 8.47. The summed E-state index contributed by atoms with van der Waals surface area (Å²) in [4.78, 5) is 28.6. The first kappa shape index (κ1) is 16.4. The summed E-state index contributed by atoms with van der Waals surface area (Å²) in [6.07, 6.45) is 4.49. The van der Waals surface area contributed by atoms with E-state index in [9.17, 15) is 9.36 Å². The van der Waals surface area contributed by atoms with Crippen LogP contribution in [0.3, 0.4) is 0 Å². The molecule has 0 aromatic rings. The van der Waals surface area contributed by atoms with Crippen molar-refractivity contribution in [1.82, 2.24) is 5.32 Å². The van der Waals surface area contributed by atoms with Gasteiger partial charge in [0.25, 0.3) is 0 Å². The van der Waals surface area contributed by atoms with E-state index in [1.54, 1.807) is 0 Å². The molecule has 1 amide bonds. The van der Waals surface area contributed by atoms with Crippen LogP contribution in [0.2, 0.25) is 0 Å². The van der Waals surface area contributed by atoms with Gasteiger partial charge in [-0.3, -0.25) is 9.36 Å². The largest absolute Gasteiger partial charge is 0.355 e. The van der Waals surface area contributed by atoms with Gasteiger partial charge in [0.15, 0.2) is 0 Å². The fraction of sp³-hybridized carbons (Fsp3) is 0.900. The molecular weight excluding hydrogens is 293 g/mol. The molecule has 0 saturated carbocycles. The van der Waals surface area contributed by atoms with Crippen LogP contribution in [0.1, 0.15) is 32.1 Å². The maximum absolute atomic E-state index is 11.4. The van der Waals surface area contributed by atoms with Gasteiger partial charge in [-0.25, -0.2) is 0 Å². The van der Waals surface area contributed by atoms with E-state index in [2.05, 4.69) is 5.32 Å². The van der Waals surface area contributed by atoms with E-state index < -0.39 is 7.60 Å². The Balaban J connectivity index is 1.94. The third-order valence-corrected chi connectivity index (χ3v) is 6.45. The fourth-order valence-corrected chi connectivity index (χ4v) is 5.08. The van der Waals surface area contributed by atoms with Crippen molar-refractivity contribution in [3.8, 4) is 0 Å². The van der Waals surface area contributed by atoms with Crippen molar-refractivity contribution in [1.29, 1.82) is 0 Å². The minimum Gasteiger partial charge on any atom is -0.355 e. The summed E-state index contributed by atoms with van der Waals surface area (Å²) in [5.41, 5.74) is 0. The molecule has 1 atom stereocenters. The van der Waals surface area contributed by atoms with E-state index in [0.29, 0.717) is 6.42 Å². The van der Waals surface area contributed by atoms with Gasteiger partial charge in [0.2, 0.25) is 5.91 Å². The molecule has 0 spiro atoms. The second-order valence-corrected chi connectivity index (χ2v) is 8.88. The summed E-state index contributed by atoms with van der Waals surface area (Å²) in [5.74, 6) is 1.12. The van der Waals surface area contributed by atoms with Crippen molar-refractivity contribution in [2.24, 2.45) is 0 Å². The van der Waals surface area contributed by atoms with E-state index in [1.165, 1.54) is 12.2 Å². The second kappa shape index (κ2) is 8.48. The Kier molecular flexibility index (Phi) is 7.72. The van der Waals surface area contributed by atoms with Crippen LogP contribution in [0.15, 0.2) is 0 Å². The molecule has 0 aromatic heterocycles. The first-order valence-corrected chi connectivity index (χ1v) is 10.2. The molecule has 0 aliphatic carbocycles. The molecule has 0 aromatic carbocycles. The highest BCUT2D eigenvalue weighted by molar-refractivity contribution is 8.77. The number of amides is 1. The van der Waals surface area contributed by atoms with Gasteiger partial charge in [0.05, 0.1) is 6.16 Å². The van der Waals surface area contributed by atoms with Gasteiger partial charge in [-0.05, 0) is 19.3 Å². The number of carbonyl (C=O) groups is 1. The maximum Gasteiger partial charge on any atom is 0.327 e. The van der Waals surface area contributed by atoms with E-state index in [0.717, 1.165) is 24.5 Å². The molecule has 0 unspecified atom stereocenters. The van der Waals surface area contributed by atoms with Crippen LogP contribution in [0.25, 0.3) is 0 Å². The molecule has 1 aliphatic heterocycles. The van der Waals surface area contributed by atoms with Gasteiger partial charge in [-0.15, -0.1) is 0 Å². The van der Waals surface area contributed by atoms with E-state index in [-0.39, 0.29) is 18.6 Å². The SMILES string of the molecule is O=C(CCCC[C@H]1CCSS1)NCCP(=O)(O)O. The molecule has 1 aliphatic rings. The van der Waals surface area contributed by atoms with E-state index in [4.69, 9.17) is 9.79 Å². The molecule has 0 bridgehead atoms. The molecule has 5 nitrogen and oxygen atoms in total. The molecule has 0 radical (unpaired) electrons. The Bertz CT molecular complexity index is 304. The maximum atomic E-state index is 11.4. The average molecular weight is 313 g/mol. The number of nitrogens with one attached hydrogen (secondary N) is 1. The molecule has 1 heterocycles. The van der Waals surface area contributed by atoms with Gasteiger partial charge in [-0.2, -0.15) is 0 Å². The number of hydrogen-bond donors (Lipinski definition) is 3. The molecule has 1 rings (SSSR count). The van der Waals surface area contributed by atoms with E-state index in [1.807, 2.05) is 21.6 Å². The minimum atomic E-state index is -3.99. The smallest absolute Gasteiger partial charge is 0.327 e. The molecule has 1 fully saturated rings. The molecule has 3 N–H and O–H groups in total. The zero-order valence-electron chi connectivity index (χ0n) is 10.2. The summed E-state index contributed by atoms with van der Waals surface area (Å²) in [6.45, 7) is 0.0538. The van der Waals surface area contributed by atoms with Gasteiger partial charge < -0.3 is 15.1 Å². The highest BCUT2D eigenvalue weighted by atomic mass is 33.1. The van der Waals surface area contributed by atoms with Crippen LogP contribution in [-0.2, 0) is 9.36 Å². The normalized spacial score (nSPS) is 20.0. The Morgan fingerprint density at radius 1 is 1.39 bits per heavy atom. The summed E-state index contributed by atoms with van der Waals surface area (Å²) < 4.78 is 10.6. The first-order valence-electron chi connectivity index (χ1n) is 6.07. The van der Waals surface area contributed by atoms with Crippen LogP contribution < -0.4 is 5.32 Å². The lowest BCUT2D eigenvalue weighted by atomic mass is 10.1. The van der Waals surface area contributed by atoms with Crippen LogP contribution in [0, 0.1) is 0 Å². The Labute approximate surface area is 115 Å². The van der Waals surface area contributed by atoms with Crippen molar-refractivity contribution in [3.63, 3.8) is 0 Å². The number of rotatable bonds is 8. The monoisotopic (exact) mass is 313 g/mol. The molecule has 106 valence electrons. The minimum absolute atomic E-state index is 0.0538. The van der Waals surface area contributed by atoms with Crippen molar-refractivity contribution in [2.45, 2.75) is 37.4 Å². The van der Waals surface area contributed by atoms with Gasteiger partial charge in [0, 0.05) is 24.0 Å². The third-order valence-electron chi connectivity index (χ3n) is 2.63. The van der Waals surface area contributed by atoms with Gasteiger partial charge >= 0.3 is 7.60 Å². The van der Waals surface area contributed by atoms with Crippen LogP contribution >= 0.6 is 29.2 Å². The predicted octanol–water partition coefficient (Wildman–Crippen LogP) is 1.99. The average Bonchev–Trinajstić information content (AvgIpc) is 2.75. The Morgan fingerprint density at radius 2 is 2.17 bits per heavy atom. The lowest BCUT2D eigenvalue weighted by molar-refractivity contribution is -0.121. The number of hydrogen-bond acceptors (Lipinski definition) is 4. The molecule has 8 heteroatoms. The van der Waals surface area contributed by atoms with Crippen LogP contribution in [-0.4, -0.2) is 39.4 Å². The zero-order valence-corrected chi connectivity index (χ0v) is 12.7. The van der Waals surface area contributed by atoms with Crippen molar-refractivity contribution in [2.75, 3.05) is 18.5 Å². The summed E-state index contributed by atoms with van der Waals surface area (Å²) >= 11 is 0. The number of carbonyl (C=O) groups excluding carboxylic acids is 1. The summed E-state index contributed by atoms with van der Waals surface area (Å²) in [5, 5.41) is 3.27. The van der Waals surface area contributed by atoms with Crippen molar-refractivity contribution >= 4 is 35.1 Å².